The van der Waals surface area contributed by atoms with Crippen LogP contribution < -0.4 is 4.74 Å². The van der Waals surface area contributed by atoms with Crippen LogP contribution in [-0.2, 0) is 4.74 Å². The quantitative estimate of drug-likeness (QED) is 0.562. The highest BCUT2D eigenvalue weighted by Crippen LogP contribution is 2.22. The van der Waals surface area contributed by atoms with Crippen molar-refractivity contribution in [3.63, 3.8) is 0 Å². The molecule has 0 spiro atoms. The number of carbonyl (C=O) groups excluding carboxylic acids is 1. The Hall–Kier alpha value is -1.03. The van der Waals surface area contributed by atoms with Crippen molar-refractivity contribution in [2.24, 2.45) is 11.8 Å². The minimum Gasteiger partial charge on any atom is -0.492 e. The van der Waals surface area contributed by atoms with E-state index in [4.69, 9.17) is 9.47 Å². The van der Waals surface area contributed by atoms with Crippen molar-refractivity contribution < 1.29 is 14.3 Å². The van der Waals surface area contributed by atoms with Gasteiger partial charge < -0.3 is 9.47 Å². The summed E-state index contributed by atoms with van der Waals surface area (Å²) < 4.78 is 10.8. The van der Waals surface area contributed by atoms with E-state index in [0.29, 0.717) is 36.4 Å². The third kappa shape index (κ3) is 4.86. The topological polar surface area (TPSA) is 35.5 Å². The van der Waals surface area contributed by atoms with Crippen molar-refractivity contribution in [1.29, 1.82) is 0 Å². The molecule has 1 aromatic carbocycles. The molecular weight excluding hydrogens is 308 g/mol. The van der Waals surface area contributed by atoms with E-state index in [1.165, 1.54) is 0 Å². The fraction of sp³-hybridized carbons (Fsp3) is 0.533. The van der Waals surface area contributed by atoms with Crippen molar-refractivity contribution in [2.45, 2.75) is 20.8 Å². The van der Waals surface area contributed by atoms with Gasteiger partial charge in [0.2, 0.25) is 0 Å². The van der Waals surface area contributed by atoms with E-state index in [0.717, 1.165) is 5.33 Å². The zero-order valence-electron chi connectivity index (χ0n) is 11.7. The second-order valence-corrected chi connectivity index (χ2v) is 5.33. The van der Waals surface area contributed by atoms with Crippen LogP contribution in [0.2, 0.25) is 0 Å². The smallest absolute Gasteiger partial charge is 0.341 e. The van der Waals surface area contributed by atoms with E-state index < -0.39 is 0 Å². The average molecular weight is 329 g/mol. The van der Waals surface area contributed by atoms with Crippen LogP contribution in [0.1, 0.15) is 31.1 Å². The summed E-state index contributed by atoms with van der Waals surface area (Å²) in [6.45, 7) is 7.06. The van der Waals surface area contributed by atoms with Crippen molar-refractivity contribution in [1.82, 2.24) is 0 Å². The largest absolute Gasteiger partial charge is 0.492 e. The maximum absolute atomic E-state index is 11.8. The summed E-state index contributed by atoms with van der Waals surface area (Å²) in [5.41, 5.74) is 0.487. The molecule has 0 bridgehead atoms. The maximum atomic E-state index is 11.8. The molecule has 0 amide bonds. The molecule has 0 saturated carbocycles. The first-order valence-corrected chi connectivity index (χ1v) is 7.67. The first kappa shape index (κ1) is 16.0. The van der Waals surface area contributed by atoms with Crippen LogP contribution in [0.3, 0.4) is 0 Å². The molecule has 0 radical (unpaired) electrons. The SMILES string of the molecule is CCOC(=O)c1ccccc1OCC(CBr)C(C)C. The third-order valence-corrected chi connectivity index (χ3v) is 3.81. The monoisotopic (exact) mass is 328 g/mol. The molecule has 0 aromatic heterocycles. The van der Waals surface area contributed by atoms with Crippen LogP contribution >= 0.6 is 15.9 Å². The molecule has 0 aliphatic rings. The number of alkyl halides is 1. The van der Waals surface area contributed by atoms with Crippen molar-refractivity contribution >= 4 is 21.9 Å². The van der Waals surface area contributed by atoms with Crippen molar-refractivity contribution in [3.8, 4) is 5.75 Å². The average Bonchev–Trinajstić information content (AvgIpc) is 2.39. The van der Waals surface area contributed by atoms with Gasteiger partial charge in [-0.25, -0.2) is 4.79 Å². The molecule has 106 valence electrons. The van der Waals surface area contributed by atoms with Crippen LogP contribution in [0.15, 0.2) is 24.3 Å². The molecule has 19 heavy (non-hydrogen) atoms. The number of carbonyl (C=O) groups is 1. The molecule has 0 aliphatic heterocycles. The summed E-state index contributed by atoms with van der Waals surface area (Å²) in [5.74, 6) is 1.19. The molecule has 1 aromatic rings. The van der Waals surface area contributed by atoms with E-state index in [1.807, 2.05) is 12.1 Å². The minimum atomic E-state index is -0.335. The van der Waals surface area contributed by atoms with Crippen LogP contribution in [-0.4, -0.2) is 24.5 Å². The number of hydrogen-bond donors (Lipinski definition) is 0. The Balaban J connectivity index is 2.75. The molecule has 1 rings (SSSR count). The second kappa shape index (κ2) is 8.20. The highest BCUT2D eigenvalue weighted by molar-refractivity contribution is 9.09. The third-order valence-electron chi connectivity index (χ3n) is 2.98. The lowest BCUT2D eigenvalue weighted by Crippen LogP contribution is -2.20. The molecule has 0 aliphatic carbocycles. The van der Waals surface area contributed by atoms with Crippen LogP contribution in [0.25, 0.3) is 0 Å². The van der Waals surface area contributed by atoms with E-state index in [2.05, 4.69) is 29.8 Å². The summed E-state index contributed by atoms with van der Waals surface area (Å²) >= 11 is 3.49. The van der Waals surface area contributed by atoms with Gasteiger partial charge in [0.25, 0.3) is 0 Å². The number of rotatable bonds is 7. The first-order valence-electron chi connectivity index (χ1n) is 6.55. The lowest BCUT2D eigenvalue weighted by atomic mass is 9.99. The number of halogens is 1. The van der Waals surface area contributed by atoms with E-state index in [1.54, 1.807) is 19.1 Å². The summed E-state index contributed by atoms with van der Waals surface area (Å²) in [7, 11) is 0. The van der Waals surface area contributed by atoms with Crippen molar-refractivity contribution in [2.75, 3.05) is 18.5 Å². The van der Waals surface area contributed by atoms with Gasteiger partial charge in [-0.05, 0) is 25.0 Å². The maximum Gasteiger partial charge on any atom is 0.341 e. The van der Waals surface area contributed by atoms with E-state index >= 15 is 0 Å². The van der Waals surface area contributed by atoms with Gasteiger partial charge in [0, 0.05) is 11.2 Å². The normalized spacial score (nSPS) is 12.3. The summed E-state index contributed by atoms with van der Waals surface area (Å²) in [6.07, 6.45) is 0. The van der Waals surface area contributed by atoms with Gasteiger partial charge in [0.05, 0.1) is 13.2 Å². The second-order valence-electron chi connectivity index (χ2n) is 4.69. The van der Waals surface area contributed by atoms with Crippen molar-refractivity contribution in [3.05, 3.63) is 29.8 Å². The molecule has 1 unspecified atom stereocenters. The molecule has 0 heterocycles. The molecular formula is C15H21BrO3. The Bertz CT molecular complexity index is 404. The van der Waals surface area contributed by atoms with Crippen LogP contribution in [0, 0.1) is 11.8 Å². The summed E-state index contributed by atoms with van der Waals surface area (Å²) in [6, 6.07) is 7.20. The minimum absolute atomic E-state index is 0.335. The number of hydrogen-bond acceptors (Lipinski definition) is 3. The Labute approximate surface area is 123 Å². The first-order chi connectivity index (χ1) is 9.10. The fourth-order valence-corrected chi connectivity index (χ4v) is 2.52. The predicted octanol–water partition coefficient (Wildman–Crippen LogP) is 3.91. The van der Waals surface area contributed by atoms with Gasteiger partial charge in [-0.2, -0.15) is 0 Å². The van der Waals surface area contributed by atoms with E-state index in [-0.39, 0.29) is 5.97 Å². The zero-order valence-corrected chi connectivity index (χ0v) is 13.3. The molecule has 3 nitrogen and oxygen atoms in total. The molecule has 0 saturated heterocycles. The van der Waals surface area contributed by atoms with Gasteiger partial charge in [-0.3, -0.25) is 0 Å². The lowest BCUT2D eigenvalue weighted by molar-refractivity contribution is 0.0520. The number of ether oxygens (including phenoxy) is 2. The Kier molecular flexibility index (Phi) is 6.92. The van der Waals surface area contributed by atoms with Gasteiger partial charge >= 0.3 is 5.97 Å². The molecule has 0 N–H and O–H groups in total. The molecule has 4 heteroatoms. The lowest BCUT2D eigenvalue weighted by Gasteiger charge is -2.19. The highest BCUT2D eigenvalue weighted by atomic mass is 79.9. The standard InChI is InChI=1S/C15H21BrO3/c1-4-18-15(17)13-7-5-6-8-14(13)19-10-12(9-16)11(2)3/h5-8,11-12H,4,9-10H2,1-3H3. The van der Waals surface area contributed by atoms with Gasteiger partial charge in [0.1, 0.15) is 11.3 Å². The number of esters is 1. The van der Waals surface area contributed by atoms with Crippen LogP contribution in [0.4, 0.5) is 0 Å². The number of benzene rings is 1. The number of para-hydroxylation sites is 1. The Morgan fingerprint density at radius 2 is 2.00 bits per heavy atom. The van der Waals surface area contributed by atoms with Gasteiger partial charge in [0.15, 0.2) is 0 Å². The molecule has 1 atom stereocenters. The van der Waals surface area contributed by atoms with E-state index in [9.17, 15) is 4.79 Å². The van der Waals surface area contributed by atoms with Gasteiger partial charge in [-0.1, -0.05) is 41.9 Å². The Morgan fingerprint density at radius 3 is 2.58 bits per heavy atom. The summed E-state index contributed by atoms with van der Waals surface area (Å²) in [4.78, 5) is 11.8. The van der Waals surface area contributed by atoms with Gasteiger partial charge in [-0.15, -0.1) is 0 Å². The fourth-order valence-electron chi connectivity index (χ4n) is 1.58. The molecule has 0 fully saturated rings. The van der Waals surface area contributed by atoms with Crippen LogP contribution in [0.5, 0.6) is 5.75 Å². The summed E-state index contributed by atoms with van der Waals surface area (Å²) in [5, 5.41) is 0.881. The highest BCUT2D eigenvalue weighted by Gasteiger charge is 2.16. The Morgan fingerprint density at radius 1 is 1.32 bits per heavy atom. The predicted molar refractivity (Wildman–Crippen MR) is 80.0 cm³/mol. The zero-order chi connectivity index (χ0) is 14.3.